The maximum absolute atomic E-state index is 17.4. The first-order chi connectivity index (χ1) is 64.5. The van der Waals surface area contributed by atoms with Crippen molar-refractivity contribution in [2.45, 2.75) is 137 Å². The molecule has 6 aromatic heterocycles. The zero-order valence-corrected chi connectivity index (χ0v) is 78.0. The number of amides is 3. The molecular formula is C97H91Cl3F9N17O10. The van der Waals surface area contributed by atoms with Gasteiger partial charge in [0.05, 0.1) is 112 Å². The van der Waals surface area contributed by atoms with Crippen molar-refractivity contribution >= 4 is 114 Å². The molecular weight excluding hydrogens is 1840 g/mol. The Bertz CT molecular complexity index is 7050. The highest BCUT2D eigenvalue weighted by atomic mass is 35.5. The summed E-state index contributed by atoms with van der Waals surface area (Å²) in [5, 5.41) is 34.5. The second-order valence-electron chi connectivity index (χ2n) is 35.3. The summed E-state index contributed by atoms with van der Waals surface area (Å²) < 4.78 is 151. The van der Waals surface area contributed by atoms with Crippen LogP contribution in [0.25, 0.3) is 83.2 Å². The van der Waals surface area contributed by atoms with Gasteiger partial charge in [0.1, 0.15) is 57.9 Å². The molecule has 4 N–H and O–H groups in total. The van der Waals surface area contributed by atoms with Crippen LogP contribution in [0.5, 0.6) is 23.0 Å². The largest absolute Gasteiger partial charge is 0.507 e. The third-order valence-electron chi connectivity index (χ3n) is 25.8. The molecule has 0 saturated carbocycles. The number of aromatic nitrogens is 9. The summed E-state index contributed by atoms with van der Waals surface area (Å²) in [6.07, 6.45) is 8.41. The number of nitrogens with zero attached hydrogens (tertiary/aromatic N) is 16. The Kier molecular flexibility index (Phi) is 25.6. The minimum absolute atomic E-state index is 0.0216. The maximum atomic E-state index is 17.4. The van der Waals surface area contributed by atoms with Gasteiger partial charge in [-0.1, -0.05) is 96.1 Å². The molecule has 6 aromatic carbocycles. The number of phenols is 3. The molecule has 0 aliphatic carbocycles. The molecule has 6 unspecified atom stereocenters. The fraction of sp³-hybridized carbons (Fsp3) is 0.320. The van der Waals surface area contributed by atoms with Gasteiger partial charge in [-0.3, -0.25) is 43.0 Å². The molecule has 12 aromatic rings. The molecule has 6 atom stereocenters. The molecule has 708 valence electrons. The predicted molar refractivity (Wildman–Crippen MR) is 503 cm³/mol. The van der Waals surface area contributed by atoms with Crippen LogP contribution < -0.4 is 46.7 Å². The molecule has 136 heavy (non-hydrogen) atoms. The van der Waals surface area contributed by atoms with Gasteiger partial charge in [-0.05, 0) is 149 Å². The average Bonchev–Trinajstić information content (AvgIpc) is 1.33. The first kappa shape index (κ1) is 95.4. The number of ether oxygens (including phenoxy) is 1. The van der Waals surface area contributed by atoms with Crippen LogP contribution in [0.15, 0.2) is 126 Å². The van der Waals surface area contributed by atoms with E-state index in [1.165, 1.54) is 18.2 Å². The Morgan fingerprint density at radius 2 is 0.765 bits per heavy atom. The van der Waals surface area contributed by atoms with Crippen molar-refractivity contribution in [1.29, 1.82) is 0 Å². The highest BCUT2D eigenvalue weighted by molar-refractivity contribution is 6.40. The Morgan fingerprint density at radius 3 is 1.15 bits per heavy atom. The Balaban J connectivity index is 0.000000148. The van der Waals surface area contributed by atoms with E-state index in [4.69, 9.17) is 39.5 Å². The monoisotopic (exact) mass is 1930 g/mol. The average molecular weight is 1930 g/mol. The van der Waals surface area contributed by atoms with E-state index in [0.717, 1.165) is 44.0 Å². The molecule has 3 amide bonds. The number of aromatic hydroxyl groups is 3. The summed E-state index contributed by atoms with van der Waals surface area (Å²) in [5.74, 6) is -15.6. The number of halogens is 12. The Hall–Kier alpha value is -13.7. The normalized spacial score (nSPS) is 17.8. The summed E-state index contributed by atoms with van der Waals surface area (Å²) in [4.78, 5) is 120. The van der Waals surface area contributed by atoms with Crippen LogP contribution in [0.1, 0.15) is 114 Å². The number of anilines is 5. The molecule has 12 heterocycles. The smallest absolute Gasteiger partial charge is 0.354 e. The van der Waals surface area contributed by atoms with E-state index in [9.17, 15) is 57.3 Å². The number of piperazine rings is 3. The number of fused-ring (bicyclic) bond motifs is 6. The van der Waals surface area contributed by atoms with E-state index >= 15 is 26.3 Å². The lowest BCUT2D eigenvalue weighted by atomic mass is 9.98. The standard InChI is InChI=1S/C33H32ClF3N6O3.C32H30ClF3N6O3.C32H29ClF3N5O4/c1-7-21(45)41-14-18-13-40(6)30-24-31(27(37)23(25(30)34)22-20(44)9-8-19(35)26(22)36)43(29-16(4)10-11-38-28(29)15(2)3)33(46)39-32(24)42(18)12-17(41)5;1-6-20(44)40-13-17-11-38-28-23-30(26(36)22(24(28)33)21-19(43)8-7-18(34)25(21)35)42(29-15(4)9-10-37-27(29)14(2)3)32(45)39-31(23)41(17)12-16(40)5;1-6-20(43)39-12-17-13-45-30-23-29(26(36)22(24(30)33)21-19(42)8-7-18(34)25(21)35)41(28-15(4)9-10-37-27(28)14(2)3)32(44)38-31(23)40(17)11-16(39)5/h7-11,15,17-18,44H,1,12-14H2,2-6H3;6-10,14,16-17,38,43H,1,11-13H2,2-5H3;6-10,14,16-17,42H,1,11-13H2,2-5H3. The maximum Gasteiger partial charge on any atom is 0.354 e. The van der Waals surface area contributed by atoms with Crippen molar-refractivity contribution in [2.75, 3.05) is 90.9 Å². The molecule has 0 spiro atoms. The number of nitrogens with one attached hydrogen (secondary N) is 1. The lowest BCUT2D eigenvalue weighted by Gasteiger charge is -2.45. The van der Waals surface area contributed by atoms with Gasteiger partial charge < -0.3 is 59.7 Å². The fourth-order valence-corrected chi connectivity index (χ4v) is 20.4. The van der Waals surface area contributed by atoms with Crippen LogP contribution in [-0.2, 0) is 14.4 Å². The van der Waals surface area contributed by atoms with Gasteiger partial charge in [0.25, 0.3) is 0 Å². The first-order valence-corrected chi connectivity index (χ1v) is 44.6. The lowest BCUT2D eigenvalue weighted by molar-refractivity contribution is -0.129. The van der Waals surface area contributed by atoms with E-state index < -0.39 is 143 Å². The van der Waals surface area contributed by atoms with Gasteiger partial charge >= 0.3 is 17.1 Å². The van der Waals surface area contributed by atoms with Crippen molar-refractivity contribution in [3.05, 3.63) is 244 Å². The van der Waals surface area contributed by atoms with Gasteiger partial charge in [0.2, 0.25) is 17.7 Å². The quantitative estimate of drug-likeness (QED) is 0.0652. The number of pyridine rings is 3. The number of carbonyl (C=O) groups is 3. The molecule has 3 fully saturated rings. The number of hydrogen-bond donors (Lipinski definition) is 4. The van der Waals surface area contributed by atoms with Gasteiger partial charge in [-0.15, -0.1) is 0 Å². The molecule has 3 saturated heterocycles. The number of benzene rings is 6. The topological polar surface area (TPSA) is 299 Å². The zero-order valence-electron chi connectivity index (χ0n) is 75.7. The van der Waals surface area contributed by atoms with Crippen molar-refractivity contribution in [2.24, 2.45) is 0 Å². The zero-order chi connectivity index (χ0) is 98.3. The van der Waals surface area contributed by atoms with Crippen molar-refractivity contribution in [1.82, 2.24) is 58.3 Å². The minimum Gasteiger partial charge on any atom is -0.507 e. The van der Waals surface area contributed by atoms with E-state index in [0.29, 0.717) is 45.5 Å². The fourth-order valence-electron chi connectivity index (χ4n) is 19.3. The SMILES string of the molecule is C=CC(=O)N1CC2CN(C)c3c(Cl)c(-c4c(O)ccc(F)c4F)c(F)c4c3c(nc(=O)n4-c3c(C)ccnc3C(C)C)N2CC1C.C=CC(=O)N1CC2CNc3c(Cl)c(-c4c(O)ccc(F)c4F)c(F)c4c3c(nc(=O)n4-c3c(C)ccnc3C(C)C)N2CC1C.C=CC(=O)N1CC2COc3c(Cl)c(-c4c(O)ccc(F)c4F)c(F)c4c3c(nc(=O)n4-c3c(C)ccnc3C(C)C)N2CC1C. The van der Waals surface area contributed by atoms with Crippen LogP contribution in [0, 0.1) is 73.1 Å². The highest BCUT2D eigenvalue weighted by Gasteiger charge is 2.47. The molecule has 18 rings (SSSR count). The van der Waals surface area contributed by atoms with Crippen LogP contribution in [0.2, 0.25) is 15.1 Å². The first-order valence-electron chi connectivity index (χ1n) is 43.5. The molecule has 0 radical (unpaired) electrons. The van der Waals surface area contributed by atoms with Gasteiger partial charge in [0, 0.05) is 113 Å². The third kappa shape index (κ3) is 15.6. The Morgan fingerprint density at radius 1 is 0.434 bits per heavy atom. The summed E-state index contributed by atoms with van der Waals surface area (Å²) in [7, 11) is 1.69. The highest BCUT2D eigenvalue weighted by Crippen LogP contribution is 2.56. The number of carbonyl (C=O) groups excluding carboxylic acids is 3. The van der Waals surface area contributed by atoms with Gasteiger partial charge in [-0.25, -0.2) is 53.9 Å². The van der Waals surface area contributed by atoms with Gasteiger partial charge in [0.15, 0.2) is 58.1 Å². The van der Waals surface area contributed by atoms with Crippen LogP contribution in [0.4, 0.5) is 68.3 Å². The summed E-state index contributed by atoms with van der Waals surface area (Å²) in [6, 6.07) is 7.46. The Labute approximate surface area is 787 Å². The summed E-state index contributed by atoms with van der Waals surface area (Å²) >= 11 is 20.6. The van der Waals surface area contributed by atoms with Crippen molar-refractivity contribution < 1.29 is 74.0 Å². The summed E-state index contributed by atoms with van der Waals surface area (Å²) in [5.41, 5.74) is -3.47. The van der Waals surface area contributed by atoms with Crippen LogP contribution >= 0.6 is 34.8 Å². The lowest BCUT2D eigenvalue weighted by Crippen LogP contribution is -2.61. The molecule has 0 bridgehead atoms. The van der Waals surface area contributed by atoms with Crippen molar-refractivity contribution in [3.63, 3.8) is 0 Å². The van der Waals surface area contributed by atoms with Crippen LogP contribution in [0.3, 0.4) is 0 Å². The minimum atomic E-state index is -1.54. The summed E-state index contributed by atoms with van der Waals surface area (Å²) in [6.45, 7) is 34.4. The number of hydrogen-bond acceptors (Lipinski definition) is 21. The predicted octanol–water partition coefficient (Wildman–Crippen LogP) is 17.0. The van der Waals surface area contributed by atoms with E-state index in [1.807, 2.05) is 72.1 Å². The molecule has 27 nitrogen and oxygen atoms in total. The van der Waals surface area contributed by atoms with Gasteiger partial charge in [-0.2, -0.15) is 15.0 Å². The number of likely N-dealkylation sites (N-methyl/N-ethyl adjacent to an activating group) is 1. The number of aryl methyl sites for hydroxylation is 3. The molecule has 6 aliphatic rings. The number of rotatable bonds is 12. The van der Waals surface area contributed by atoms with Crippen LogP contribution in [-0.4, -0.2) is 194 Å². The second kappa shape index (κ2) is 36.5. The number of phenolic OH excluding ortho intramolecular Hbond substituents is 3. The van der Waals surface area contributed by atoms with E-state index in [1.54, 1.807) is 89.1 Å². The molecule has 39 heteroatoms. The van der Waals surface area contributed by atoms with E-state index in [2.05, 4.69) is 55.0 Å². The third-order valence-corrected chi connectivity index (χ3v) is 26.9. The van der Waals surface area contributed by atoms with E-state index in [-0.39, 0.29) is 201 Å². The van der Waals surface area contributed by atoms with Crippen molar-refractivity contribution in [3.8, 4) is 73.4 Å². The second-order valence-corrected chi connectivity index (χ2v) is 36.5. The molecule has 6 aliphatic heterocycles.